The lowest BCUT2D eigenvalue weighted by molar-refractivity contribution is -0.123. The van der Waals surface area contributed by atoms with Gasteiger partial charge in [-0.3, -0.25) is 4.79 Å². The molecule has 118 valence electrons. The van der Waals surface area contributed by atoms with E-state index in [1.165, 1.54) is 0 Å². The third-order valence-electron chi connectivity index (χ3n) is 2.22. The third kappa shape index (κ3) is 5.11. The van der Waals surface area contributed by atoms with Crippen LogP contribution in [0.2, 0.25) is 0 Å². The van der Waals surface area contributed by atoms with E-state index in [1.54, 1.807) is 5.32 Å². The number of nitrogens with one attached hydrogen (secondary N) is 1. The number of amides is 1. The SMILES string of the molecule is O=C(NCC(F)(F)C(F)F)c1cc(Br)cc(S(=O)(=O)Cl)c1. The molecule has 4 nitrogen and oxygen atoms in total. The summed E-state index contributed by atoms with van der Waals surface area (Å²) in [6.07, 6.45) is -3.93. The van der Waals surface area contributed by atoms with E-state index in [4.69, 9.17) is 10.7 Å². The molecule has 1 N–H and O–H groups in total. The molecular weight excluding hydrogens is 406 g/mol. The Balaban J connectivity index is 2.97. The molecule has 0 aliphatic carbocycles. The van der Waals surface area contributed by atoms with Gasteiger partial charge in [0.25, 0.3) is 15.0 Å². The van der Waals surface area contributed by atoms with E-state index in [2.05, 4.69) is 15.9 Å². The van der Waals surface area contributed by atoms with Crippen LogP contribution >= 0.6 is 26.6 Å². The molecule has 1 aromatic rings. The van der Waals surface area contributed by atoms with E-state index in [-0.39, 0.29) is 10.0 Å². The van der Waals surface area contributed by atoms with Crippen molar-refractivity contribution >= 4 is 41.6 Å². The first-order chi connectivity index (χ1) is 9.43. The van der Waals surface area contributed by atoms with Gasteiger partial charge in [0.05, 0.1) is 11.4 Å². The summed E-state index contributed by atoms with van der Waals surface area (Å²) in [4.78, 5) is 11.2. The first-order valence-corrected chi connectivity index (χ1v) is 8.23. The number of hydrogen-bond donors (Lipinski definition) is 1. The first kappa shape index (κ1) is 18.2. The second kappa shape index (κ2) is 6.49. The van der Waals surface area contributed by atoms with Crippen LogP contribution in [0.25, 0.3) is 0 Å². The molecule has 1 rings (SSSR count). The lowest BCUT2D eigenvalue weighted by atomic mass is 10.2. The third-order valence-corrected chi connectivity index (χ3v) is 4.01. The van der Waals surface area contributed by atoms with Crippen molar-refractivity contribution in [1.82, 2.24) is 5.32 Å². The summed E-state index contributed by atoms with van der Waals surface area (Å²) in [6, 6.07) is 3.05. The van der Waals surface area contributed by atoms with Crippen LogP contribution in [0.5, 0.6) is 0 Å². The summed E-state index contributed by atoms with van der Waals surface area (Å²) in [5, 5.41) is 1.60. The molecule has 0 saturated carbocycles. The standard InChI is InChI=1S/C10H7BrClF4NO3S/c11-6-1-5(2-7(3-6)21(12,19)20)8(18)17-4-10(15,16)9(13)14/h1-3,9H,4H2,(H,17,18). The summed E-state index contributed by atoms with van der Waals surface area (Å²) >= 11 is 2.92. The zero-order chi connectivity index (χ0) is 16.4. The largest absolute Gasteiger partial charge is 0.346 e. The smallest absolute Gasteiger partial charge is 0.324 e. The Morgan fingerprint density at radius 2 is 1.90 bits per heavy atom. The average molecular weight is 413 g/mol. The van der Waals surface area contributed by atoms with E-state index >= 15 is 0 Å². The van der Waals surface area contributed by atoms with E-state index in [9.17, 15) is 30.8 Å². The first-order valence-electron chi connectivity index (χ1n) is 5.13. The van der Waals surface area contributed by atoms with E-state index < -0.39 is 38.7 Å². The molecule has 0 aliphatic rings. The van der Waals surface area contributed by atoms with Crippen molar-refractivity contribution in [1.29, 1.82) is 0 Å². The number of benzene rings is 1. The van der Waals surface area contributed by atoms with Gasteiger partial charge >= 0.3 is 12.3 Å². The normalized spacial score (nSPS) is 12.5. The van der Waals surface area contributed by atoms with Crippen molar-refractivity contribution in [2.75, 3.05) is 6.54 Å². The lowest BCUT2D eigenvalue weighted by Gasteiger charge is -2.15. The number of carbonyl (C=O) groups excluding carboxylic acids is 1. The van der Waals surface area contributed by atoms with Crippen LogP contribution < -0.4 is 5.32 Å². The minimum Gasteiger partial charge on any atom is -0.346 e. The summed E-state index contributed by atoms with van der Waals surface area (Å²) in [7, 11) is 0.955. The Hall–Kier alpha value is -0.870. The molecule has 0 aliphatic heterocycles. The van der Waals surface area contributed by atoms with Crippen molar-refractivity contribution < 1.29 is 30.8 Å². The monoisotopic (exact) mass is 411 g/mol. The van der Waals surface area contributed by atoms with E-state index in [0.717, 1.165) is 18.2 Å². The van der Waals surface area contributed by atoms with Gasteiger partial charge in [-0.1, -0.05) is 15.9 Å². The maximum absolute atomic E-state index is 12.7. The molecule has 21 heavy (non-hydrogen) atoms. The Kier molecular flexibility index (Phi) is 5.62. The topological polar surface area (TPSA) is 63.2 Å². The van der Waals surface area contributed by atoms with Gasteiger partial charge in [-0.15, -0.1) is 0 Å². The summed E-state index contributed by atoms with van der Waals surface area (Å²) < 4.78 is 71.7. The Morgan fingerprint density at radius 3 is 2.38 bits per heavy atom. The molecule has 0 unspecified atom stereocenters. The molecule has 1 aromatic carbocycles. The van der Waals surface area contributed by atoms with Crippen LogP contribution in [0.15, 0.2) is 27.6 Å². The number of halogens is 6. The fourth-order valence-electron chi connectivity index (χ4n) is 1.21. The fourth-order valence-corrected chi connectivity index (χ4v) is 2.66. The Morgan fingerprint density at radius 1 is 1.33 bits per heavy atom. The molecule has 0 fully saturated rings. The number of carbonyl (C=O) groups is 1. The molecule has 0 bridgehead atoms. The van der Waals surface area contributed by atoms with Crippen LogP contribution in [0.1, 0.15) is 10.4 Å². The van der Waals surface area contributed by atoms with Gasteiger partial charge in [0, 0.05) is 20.7 Å². The van der Waals surface area contributed by atoms with Gasteiger partial charge in [-0.2, -0.15) is 8.78 Å². The number of hydrogen-bond acceptors (Lipinski definition) is 3. The summed E-state index contributed by atoms with van der Waals surface area (Å²) in [5.41, 5.74) is -0.325. The van der Waals surface area contributed by atoms with Crippen LogP contribution in [-0.4, -0.2) is 33.2 Å². The minimum atomic E-state index is -4.39. The van der Waals surface area contributed by atoms with Crippen LogP contribution in [0.3, 0.4) is 0 Å². The van der Waals surface area contributed by atoms with E-state index in [1.807, 2.05) is 0 Å². The highest BCUT2D eigenvalue weighted by atomic mass is 79.9. The zero-order valence-corrected chi connectivity index (χ0v) is 13.1. The van der Waals surface area contributed by atoms with Crippen molar-refractivity contribution in [2.45, 2.75) is 17.2 Å². The van der Waals surface area contributed by atoms with Crippen LogP contribution in [0.4, 0.5) is 17.6 Å². The molecule has 0 spiro atoms. The highest BCUT2D eigenvalue weighted by Crippen LogP contribution is 2.24. The quantitative estimate of drug-likeness (QED) is 0.597. The Labute approximate surface area is 130 Å². The van der Waals surface area contributed by atoms with Crippen molar-refractivity contribution in [3.05, 3.63) is 28.2 Å². The summed E-state index contributed by atoms with van der Waals surface area (Å²) in [6.45, 7) is -1.58. The summed E-state index contributed by atoms with van der Waals surface area (Å²) in [5.74, 6) is -5.53. The zero-order valence-electron chi connectivity index (χ0n) is 9.92. The second-order valence-electron chi connectivity index (χ2n) is 3.86. The predicted molar refractivity (Wildman–Crippen MR) is 70.5 cm³/mol. The minimum absolute atomic E-state index is 0.148. The van der Waals surface area contributed by atoms with Crippen molar-refractivity contribution in [2.24, 2.45) is 0 Å². The van der Waals surface area contributed by atoms with Gasteiger partial charge in [0.2, 0.25) is 0 Å². The lowest BCUT2D eigenvalue weighted by Crippen LogP contribution is -2.41. The van der Waals surface area contributed by atoms with Gasteiger partial charge in [0.15, 0.2) is 0 Å². The molecular formula is C10H7BrClF4NO3S. The predicted octanol–water partition coefficient (Wildman–Crippen LogP) is 3.01. The molecule has 0 radical (unpaired) electrons. The van der Waals surface area contributed by atoms with Crippen LogP contribution in [0, 0.1) is 0 Å². The second-order valence-corrected chi connectivity index (χ2v) is 7.34. The van der Waals surface area contributed by atoms with Crippen molar-refractivity contribution in [3.63, 3.8) is 0 Å². The maximum Gasteiger partial charge on any atom is 0.324 e. The molecule has 0 saturated heterocycles. The fraction of sp³-hybridized carbons (Fsp3) is 0.300. The van der Waals surface area contributed by atoms with E-state index in [0.29, 0.717) is 0 Å². The molecule has 11 heteroatoms. The van der Waals surface area contributed by atoms with Crippen molar-refractivity contribution in [3.8, 4) is 0 Å². The van der Waals surface area contributed by atoms with Gasteiger partial charge < -0.3 is 5.32 Å². The maximum atomic E-state index is 12.7. The highest BCUT2D eigenvalue weighted by Gasteiger charge is 2.40. The van der Waals surface area contributed by atoms with Gasteiger partial charge in [-0.05, 0) is 18.2 Å². The molecule has 1 amide bonds. The number of alkyl halides is 4. The van der Waals surface area contributed by atoms with Gasteiger partial charge in [-0.25, -0.2) is 17.2 Å². The molecule has 0 aromatic heterocycles. The Bertz CT molecular complexity index is 654. The van der Waals surface area contributed by atoms with Crippen LogP contribution in [-0.2, 0) is 9.05 Å². The number of rotatable bonds is 5. The average Bonchev–Trinajstić information content (AvgIpc) is 2.34. The molecule has 0 heterocycles. The highest BCUT2D eigenvalue weighted by molar-refractivity contribution is 9.10. The molecule has 0 atom stereocenters. The van der Waals surface area contributed by atoms with Gasteiger partial charge in [0.1, 0.15) is 0 Å².